The van der Waals surface area contributed by atoms with E-state index in [2.05, 4.69) is 19.2 Å². The number of benzene rings is 1. The fourth-order valence-corrected chi connectivity index (χ4v) is 4.21. The highest BCUT2D eigenvalue weighted by Gasteiger charge is 2.34. The lowest BCUT2D eigenvalue weighted by atomic mass is 9.81. The molecule has 0 aliphatic carbocycles. The second-order valence-corrected chi connectivity index (χ2v) is 7.53. The average molecular weight is 317 g/mol. The molecule has 5 heteroatoms. The summed E-state index contributed by atoms with van der Waals surface area (Å²) in [6.45, 7) is 6.39. The lowest BCUT2D eigenvalue weighted by Gasteiger charge is -2.40. The third-order valence-corrected chi connectivity index (χ3v) is 5.35. The quantitative estimate of drug-likeness (QED) is 0.852. The molecule has 0 radical (unpaired) electrons. The Labute approximate surface area is 128 Å². The molecule has 0 aromatic heterocycles. The molecule has 1 saturated heterocycles. The van der Waals surface area contributed by atoms with Gasteiger partial charge in [-0.2, -0.15) is 24.9 Å². The van der Waals surface area contributed by atoms with Crippen molar-refractivity contribution < 1.29 is 13.2 Å². The van der Waals surface area contributed by atoms with Crippen LogP contribution in [0.4, 0.5) is 13.2 Å². The van der Waals surface area contributed by atoms with Crippen molar-refractivity contribution in [2.24, 2.45) is 5.41 Å². The molecular formula is C16H22F3NS. The molecule has 1 aromatic carbocycles. The zero-order valence-electron chi connectivity index (χ0n) is 12.6. The van der Waals surface area contributed by atoms with Crippen LogP contribution < -0.4 is 5.32 Å². The molecule has 1 heterocycles. The van der Waals surface area contributed by atoms with Gasteiger partial charge in [-0.1, -0.05) is 26.0 Å². The van der Waals surface area contributed by atoms with Crippen molar-refractivity contribution in [1.82, 2.24) is 5.32 Å². The van der Waals surface area contributed by atoms with Gasteiger partial charge in [-0.05, 0) is 42.2 Å². The molecule has 0 spiro atoms. The summed E-state index contributed by atoms with van der Waals surface area (Å²) in [4.78, 5) is 0. The van der Waals surface area contributed by atoms with Crippen LogP contribution in [-0.2, 0) is 6.18 Å². The van der Waals surface area contributed by atoms with Crippen LogP contribution in [0.15, 0.2) is 24.3 Å². The van der Waals surface area contributed by atoms with Crippen molar-refractivity contribution in [3.05, 3.63) is 35.4 Å². The van der Waals surface area contributed by atoms with Gasteiger partial charge in [0, 0.05) is 17.8 Å². The Morgan fingerprint density at radius 2 is 2.05 bits per heavy atom. The molecule has 0 amide bonds. The second kappa shape index (κ2) is 6.21. The zero-order chi connectivity index (χ0) is 15.7. The first kappa shape index (κ1) is 16.7. The van der Waals surface area contributed by atoms with Gasteiger partial charge in [-0.15, -0.1) is 0 Å². The lowest BCUT2D eigenvalue weighted by Crippen LogP contribution is -2.47. The van der Waals surface area contributed by atoms with E-state index in [1.54, 1.807) is 6.07 Å². The summed E-state index contributed by atoms with van der Waals surface area (Å²) >= 11 is 1.91. The van der Waals surface area contributed by atoms with Gasteiger partial charge < -0.3 is 5.32 Å². The van der Waals surface area contributed by atoms with Crippen molar-refractivity contribution in [1.29, 1.82) is 0 Å². The largest absolute Gasteiger partial charge is 0.416 e. The van der Waals surface area contributed by atoms with E-state index in [0.717, 1.165) is 24.0 Å². The van der Waals surface area contributed by atoms with Gasteiger partial charge in [0.15, 0.2) is 0 Å². The van der Waals surface area contributed by atoms with E-state index in [-0.39, 0.29) is 11.5 Å². The van der Waals surface area contributed by atoms with E-state index in [4.69, 9.17) is 0 Å². The second-order valence-electron chi connectivity index (χ2n) is 6.38. The third-order valence-electron chi connectivity index (χ3n) is 4.28. The first-order valence-electron chi connectivity index (χ1n) is 7.21. The number of alkyl halides is 3. The number of hydrogen-bond acceptors (Lipinski definition) is 2. The normalized spacial score (nSPS) is 23.8. The molecule has 2 unspecified atom stereocenters. The van der Waals surface area contributed by atoms with Crippen LogP contribution >= 0.6 is 11.8 Å². The summed E-state index contributed by atoms with van der Waals surface area (Å²) in [5, 5.41) is 3.52. The van der Waals surface area contributed by atoms with E-state index in [1.165, 1.54) is 12.1 Å². The fraction of sp³-hybridized carbons (Fsp3) is 0.625. The first-order chi connectivity index (χ1) is 9.70. The highest BCUT2D eigenvalue weighted by Crippen LogP contribution is 2.36. The molecular weight excluding hydrogens is 295 g/mol. The van der Waals surface area contributed by atoms with Gasteiger partial charge in [0.2, 0.25) is 0 Å². The topological polar surface area (TPSA) is 12.0 Å². The number of nitrogens with one attached hydrogen (secondary N) is 1. The molecule has 2 atom stereocenters. The van der Waals surface area contributed by atoms with Crippen molar-refractivity contribution >= 4 is 11.8 Å². The maximum atomic E-state index is 12.8. The lowest BCUT2D eigenvalue weighted by molar-refractivity contribution is -0.137. The molecule has 0 saturated carbocycles. The standard InChI is InChI=1S/C16H22F3NS/c1-11(20-14-10-21-8-7-15(14,2)3)12-5-4-6-13(9-12)16(17,18)19/h4-6,9,11,14,20H,7-8,10H2,1-3H3. The van der Waals surface area contributed by atoms with Crippen molar-refractivity contribution in [3.8, 4) is 0 Å². The molecule has 0 bridgehead atoms. The van der Waals surface area contributed by atoms with Gasteiger partial charge in [-0.3, -0.25) is 0 Å². The van der Waals surface area contributed by atoms with Gasteiger partial charge in [0.05, 0.1) is 5.56 Å². The van der Waals surface area contributed by atoms with Crippen molar-refractivity contribution in [2.75, 3.05) is 11.5 Å². The summed E-state index contributed by atoms with van der Waals surface area (Å²) in [5.74, 6) is 2.17. The van der Waals surface area contributed by atoms with E-state index >= 15 is 0 Å². The van der Waals surface area contributed by atoms with Crippen LogP contribution in [0, 0.1) is 5.41 Å². The monoisotopic (exact) mass is 317 g/mol. The molecule has 1 N–H and O–H groups in total. The summed E-state index contributed by atoms with van der Waals surface area (Å²) in [6, 6.07) is 5.85. The van der Waals surface area contributed by atoms with Crippen LogP contribution in [-0.4, -0.2) is 17.5 Å². The van der Waals surface area contributed by atoms with Gasteiger partial charge >= 0.3 is 6.18 Å². The molecule has 1 fully saturated rings. The first-order valence-corrected chi connectivity index (χ1v) is 8.36. The summed E-state index contributed by atoms with van der Waals surface area (Å²) in [6.07, 6.45) is -3.15. The van der Waals surface area contributed by atoms with E-state index in [0.29, 0.717) is 11.6 Å². The average Bonchev–Trinajstić information content (AvgIpc) is 2.40. The Morgan fingerprint density at radius 1 is 1.33 bits per heavy atom. The number of hydrogen-bond donors (Lipinski definition) is 1. The maximum absolute atomic E-state index is 12.8. The minimum absolute atomic E-state index is 0.0877. The Balaban J connectivity index is 2.11. The van der Waals surface area contributed by atoms with Crippen LogP contribution in [0.5, 0.6) is 0 Å². The van der Waals surface area contributed by atoms with Crippen LogP contribution in [0.25, 0.3) is 0 Å². The minimum atomic E-state index is -4.28. The molecule has 1 nitrogen and oxygen atoms in total. The number of rotatable bonds is 3. The fourth-order valence-electron chi connectivity index (χ4n) is 2.59. The third kappa shape index (κ3) is 4.16. The van der Waals surface area contributed by atoms with Crippen LogP contribution in [0.1, 0.15) is 44.4 Å². The summed E-state index contributed by atoms with van der Waals surface area (Å²) < 4.78 is 38.4. The van der Waals surface area contributed by atoms with Crippen LogP contribution in [0.2, 0.25) is 0 Å². The maximum Gasteiger partial charge on any atom is 0.416 e. The van der Waals surface area contributed by atoms with Crippen LogP contribution in [0.3, 0.4) is 0 Å². The highest BCUT2D eigenvalue weighted by molar-refractivity contribution is 7.99. The molecule has 1 aliphatic heterocycles. The Hall–Kier alpha value is -0.680. The number of thioether (sulfide) groups is 1. The summed E-state index contributed by atoms with van der Waals surface area (Å²) in [7, 11) is 0. The van der Waals surface area contributed by atoms with Gasteiger partial charge in [0.1, 0.15) is 0 Å². The molecule has 118 valence electrons. The molecule has 2 rings (SSSR count). The van der Waals surface area contributed by atoms with Gasteiger partial charge in [0.25, 0.3) is 0 Å². The van der Waals surface area contributed by atoms with Crippen molar-refractivity contribution in [3.63, 3.8) is 0 Å². The predicted octanol–water partition coefficient (Wildman–Crippen LogP) is 4.89. The Bertz CT molecular complexity index is 485. The molecule has 1 aromatic rings. The van der Waals surface area contributed by atoms with Gasteiger partial charge in [-0.25, -0.2) is 0 Å². The minimum Gasteiger partial charge on any atom is -0.306 e. The smallest absolute Gasteiger partial charge is 0.306 e. The predicted molar refractivity (Wildman–Crippen MR) is 82.5 cm³/mol. The SMILES string of the molecule is CC(NC1CSCCC1(C)C)c1cccc(C(F)(F)F)c1. The Morgan fingerprint density at radius 3 is 2.67 bits per heavy atom. The highest BCUT2D eigenvalue weighted by atomic mass is 32.2. The molecule has 1 aliphatic rings. The van der Waals surface area contributed by atoms with E-state index < -0.39 is 11.7 Å². The van der Waals surface area contributed by atoms with Crippen molar-refractivity contribution in [2.45, 2.75) is 45.5 Å². The zero-order valence-corrected chi connectivity index (χ0v) is 13.4. The van der Waals surface area contributed by atoms with E-state index in [9.17, 15) is 13.2 Å². The van der Waals surface area contributed by atoms with E-state index in [1.807, 2.05) is 18.7 Å². The summed E-state index contributed by atoms with van der Waals surface area (Å²) in [5.41, 5.74) is 0.295. The number of halogens is 3. The Kier molecular flexibility index (Phi) is 4.93. The molecule has 21 heavy (non-hydrogen) atoms.